The molecule has 0 spiro atoms. The van der Waals surface area contributed by atoms with Crippen molar-refractivity contribution >= 4 is 17.5 Å². The van der Waals surface area contributed by atoms with Crippen LogP contribution in [0.5, 0.6) is 5.75 Å². The fourth-order valence-corrected chi connectivity index (χ4v) is 2.42. The van der Waals surface area contributed by atoms with Gasteiger partial charge in [0.05, 0.1) is 12.7 Å². The van der Waals surface area contributed by atoms with Gasteiger partial charge in [-0.25, -0.2) is 0 Å². The molecular weight excluding hydrogens is 304 g/mol. The summed E-state index contributed by atoms with van der Waals surface area (Å²) in [6.07, 6.45) is 0. The zero-order valence-electron chi connectivity index (χ0n) is 14.2. The van der Waals surface area contributed by atoms with Crippen LogP contribution in [-0.4, -0.2) is 36.9 Å². The van der Waals surface area contributed by atoms with Crippen LogP contribution in [0.4, 0.5) is 5.69 Å². The average Bonchev–Trinajstić information content (AvgIpc) is 2.63. The van der Waals surface area contributed by atoms with Gasteiger partial charge in [-0.2, -0.15) is 0 Å². The van der Waals surface area contributed by atoms with Gasteiger partial charge in [-0.3, -0.25) is 9.59 Å². The molecule has 24 heavy (non-hydrogen) atoms. The quantitative estimate of drug-likeness (QED) is 0.885. The molecule has 0 bridgehead atoms. The molecule has 0 aromatic heterocycles. The lowest BCUT2D eigenvalue weighted by atomic mass is 10.1. The highest BCUT2D eigenvalue weighted by Gasteiger charge is 2.14. The van der Waals surface area contributed by atoms with Crippen LogP contribution in [0, 0.1) is 0 Å². The molecule has 0 heterocycles. The summed E-state index contributed by atoms with van der Waals surface area (Å²) in [5.74, 6) is 0.251. The van der Waals surface area contributed by atoms with E-state index in [1.165, 1.54) is 7.11 Å². The molecule has 0 unspecified atom stereocenters. The summed E-state index contributed by atoms with van der Waals surface area (Å²) in [5, 5.41) is 2.81. The van der Waals surface area contributed by atoms with Gasteiger partial charge >= 0.3 is 0 Å². The Labute approximate surface area is 142 Å². The molecule has 5 heteroatoms. The van der Waals surface area contributed by atoms with E-state index in [-0.39, 0.29) is 11.8 Å². The number of amides is 2. The number of nitrogens with zero attached hydrogens (tertiary/aromatic N) is 1. The van der Waals surface area contributed by atoms with Crippen LogP contribution in [0.3, 0.4) is 0 Å². The lowest BCUT2D eigenvalue weighted by Crippen LogP contribution is -2.30. The average molecular weight is 326 g/mol. The summed E-state index contributed by atoms with van der Waals surface area (Å²) in [6.45, 7) is 5.23. The van der Waals surface area contributed by atoms with Crippen molar-refractivity contribution in [2.75, 3.05) is 25.5 Å². The summed E-state index contributed by atoms with van der Waals surface area (Å²) in [4.78, 5) is 26.4. The van der Waals surface area contributed by atoms with Crippen molar-refractivity contribution in [3.63, 3.8) is 0 Å². The monoisotopic (exact) mass is 326 g/mol. The Morgan fingerprint density at radius 2 is 1.62 bits per heavy atom. The molecule has 2 rings (SSSR count). The molecule has 2 aromatic carbocycles. The minimum absolute atomic E-state index is 0.0115. The van der Waals surface area contributed by atoms with E-state index in [9.17, 15) is 9.59 Å². The van der Waals surface area contributed by atoms with E-state index < -0.39 is 0 Å². The minimum atomic E-state index is -0.254. The second kappa shape index (κ2) is 8.15. The first kappa shape index (κ1) is 17.5. The highest BCUT2D eigenvalue weighted by Crippen LogP contribution is 2.19. The number of benzene rings is 2. The van der Waals surface area contributed by atoms with Crippen LogP contribution in [0.25, 0.3) is 0 Å². The van der Waals surface area contributed by atoms with E-state index in [1.54, 1.807) is 47.4 Å². The van der Waals surface area contributed by atoms with Crippen molar-refractivity contribution in [2.45, 2.75) is 13.8 Å². The molecule has 5 nitrogen and oxygen atoms in total. The first-order valence-electron chi connectivity index (χ1n) is 7.94. The number of rotatable bonds is 6. The molecule has 0 atom stereocenters. The summed E-state index contributed by atoms with van der Waals surface area (Å²) >= 11 is 0. The normalized spacial score (nSPS) is 10.1. The molecule has 2 amide bonds. The minimum Gasteiger partial charge on any atom is -0.496 e. The Morgan fingerprint density at radius 1 is 1.00 bits per heavy atom. The van der Waals surface area contributed by atoms with E-state index in [1.807, 2.05) is 19.9 Å². The standard InChI is InChI=1S/C19H22N2O3/c1-4-21(5-2)19(23)14-10-12-15(13-11-14)20-18(22)16-8-6-7-9-17(16)24-3/h6-13H,4-5H2,1-3H3,(H,20,22). The fraction of sp³-hybridized carbons (Fsp3) is 0.263. The van der Waals surface area contributed by atoms with Crippen molar-refractivity contribution in [2.24, 2.45) is 0 Å². The first-order chi connectivity index (χ1) is 11.6. The van der Waals surface area contributed by atoms with Crippen molar-refractivity contribution in [1.82, 2.24) is 4.90 Å². The molecule has 0 saturated carbocycles. The number of para-hydroxylation sites is 1. The van der Waals surface area contributed by atoms with Gasteiger partial charge in [0.2, 0.25) is 0 Å². The van der Waals surface area contributed by atoms with Gasteiger partial charge in [-0.1, -0.05) is 12.1 Å². The third-order valence-corrected chi connectivity index (χ3v) is 3.79. The van der Waals surface area contributed by atoms with Gasteiger partial charge in [-0.15, -0.1) is 0 Å². The lowest BCUT2D eigenvalue weighted by molar-refractivity contribution is 0.0773. The Kier molecular flexibility index (Phi) is 5.95. The number of nitrogens with one attached hydrogen (secondary N) is 1. The molecule has 0 aliphatic rings. The number of hydrogen-bond acceptors (Lipinski definition) is 3. The maximum absolute atomic E-state index is 12.3. The van der Waals surface area contributed by atoms with E-state index in [2.05, 4.69) is 5.32 Å². The number of carbonyl (C=O) groups is 2. The van der Waals surface area contributed by atoms with E-state index in [4.69, 9.17) is 4.74 Å². The SMILES string of the molecule is CCN(CC)C(=O)c1ccc(NC(=O)c2ccccc2OC)cc1. The van der Waals surface area contributed by atoms with Crippen LogP contribution in [0.1, 0.15) is 34.6 Å². The molecule has 0 radical (unpaired) electrons. The van der Waals surface area contributed by atoms with E-state index >= 15 is 0 Å². The van der Waals surface area contributed by atoms with E-state index in [0.29, 0.717) is 35.7 Å². The third kappa shape index (κ3) is 3.93. The Bertz CT molecular complexity index is 707. The Hall–Kier alpha value is -2.82. The lowest BCUT2D eigenvalue weighted by Gasteiger charge is -2.18. The molecule has 0 aliphatic heterocycles. The second-order valence-corrected chi connectivity index (χ2v) is 5.21. The second-order valence-electron chi connectivity index (χ2n) is 5.21. The van der Waals surface area contributed by atoms with Gasteiger partial charge in [0, 0.05) is 24.3 Å². The van der Waals surface area contributed by atoms with Crippen LogP contribution in [-0.2, 0) is 0 Å². The van der Waals surface area contributed by atoms with Gasteiger partial charge in [0.15, 0.2) is 0 Å². The van der Waals surface area contributed by atoms with Crippen molar-refractivity contribution in [3.05, 3.63) is 59.7 Å². The van der Waals surface area contributed by atoms with Crippen molar-refractivity contribution in [1.29, 1.82) is 0 Å². The number of ether oxygens (including phenoxy) is 1. The van der Waals surface area contributed by atoms with Crippen molar-refractivity contribution < 1.29 is 14.3 Å². The summed E-state index contributed by atoms with van der Waals surface area (Å²) in [7, 11) is 1.53. The largest absolute Gasteiger partial charge is 0.496 e. The smallest absolute Gasteiger partial charge is 0.259 e. The van der Waals surface area contributed by atoms with Gasteiger partial charge in [0.25, 0.3) is 11.8 Å². The van der Waals surface area contributed by atoms with Crippen LogP contribution in [0.2, 0.25) is 0 Å². The molecule has 0 aliphatic carbocycles. The Morgan fingerprint density at radius 3 is 2.21 bits per heavy atom. The van der Waals surface area contributed by atoms with Crippen LogP contribution >= 0.6 is 0 Å². The summed E-state index contributed by atoms with van der Waals surface area (Å²) in [6, 6.07) is 13.9. The molecule has 126 valence electrons. The van der Waals surface area contributed by atoms with Crippen molar-refractivity contribution in [3.8, 4) is 5.75 Å². The third-order valence-electron chi connectivity index (χ3n) is 3.79. The number of anilines is 1. The predicted octanol–water partition coefficient (Wildman–Crippen LogP) is 3.43. The molecule has 0 saturated heterocycles. The molecule has 2 aromatic rings. The van der Waals surface area contributed by atoms with Crippen LogP contribution < -0.4 is 10.1 Å². The highest BCUT2D eigenvalue weighted by molar-refractivity contribution is 6.06. The summed E-state index contributed by atoms with van der Waals surface area (Å²) in [5.41, 5.74) is 1.69. The number of methoxy groups -OCH3 is 1. The van der Waals surface area contributed by atoms with Gasteiger partial charge in [-0.05, 0) is 50.2 Å². The van der Waals surface area contributed by atoms with Gasteiger partial charge < -0.3 is 15.0 Å². The number of hydrogen-bond donors (Lipinski definition) is 1. The topological polar surface area (TPSA) is 58.6 Å². The number of carbonyl (C=O) groups excluding carboxylic acids is 2. The maximum Gasteiger partial charge on any atom is 0.259 e. The van der Waals surface area contributed by atoms with Gasteiger partial charge in [0.1, 0.15) is 5.75 Å². The zero-order chi connectivity index (χ0) is 17.5. The van der Waals surface area contributed by atoms with Crippen LogP contribution in [0.15, 0.2) is 48.5 Å². The Balaban J connectivity index is 2.11. The zero-order valence-corrected chi connectivity index (χ0v) is 14.2. The first-order valence-corrected chi connectivity index (χ1v) is 7.94. The highest BCUT2D eigenvalue weighted by atomic mass is 16.5. The molecule has 0 fully saturated rings. The molecular formula is C19H22N2O3. The summed E-state index contributed by atoms with van der Waals surface area (Å²) < 4.78 is 5.19. The fourth-order valence-electron chi connectivity index (χ4n) is 2.42. The molecule has 1 N–H and O–H groups in total. The van der Waals surface area contributed by atoms with E-state index in [0.717, 1.165) is 0 Å². The maximum atomic E-state index is 12.3. The predicted molar refractivity (Wildman–Crippen MR) is 94.6 cm³/mol.